The molecule has 17 heavy (non-hydrogen) atoms. The molecular weight excluding hydrogens is 218 g/mol. The fourth-order valence-corrected chi connectivity index (χ4v) is 1.95. The van der Waals surface area contributed by atoms with Crippen LogP contribution in [0, 0.1) is 6.92 Å². The molecule has 1 saturated heterocycles. The zero-order valence-electron chi connectivity index (χ0n) is 9.93. The van der Waals surface area contributed by atoms with Crippen LogP contribution in [0.2, 0.25) is 0 Å². The monoisotopic (exact) mass is 233 g/mol. The van der Waals surface area contributed by atoms with E-state index in [0.717, 1.165) is 5.69 Å². The minimum absolute atomic E-state index is 0.0587. The van der Waals surface area contributed by atoms with Crippen molar-refractivity contribution < 1.29 is 9.59 Å². The molecule has 90 valence electrons. The van der Waals surface area contributed by atoms with Crippen molar-refractivity contribution in [3.8, 4) is 0 Å². The van der Waals surface area contributed by atoms with Crippen molar-refractivity contribution in [2.45, 2.75) is 26.3 Å². The average molecular weight is 233 g/mol. The lowest BCUT2D eigenvalue weighted by atomic mass is 10.1. The number of anilines is 1. The molecule has 0 aliphatic carbocycles. The first-order valence-corrected chi connectivity index (χ1v) is 5.66. The third kappa shape index (κ3) is 2.13. The van der Waals surface area contributed by atoms with Crippen molar-refractivity contribution in [2.24, 2.45) is 0 Å². The molecule has 2 amide bonds. The SMILES string of the molecule is CCC1C(=O)NCC(=O)N1c1ccc(C)nc1. The molecule has 2 heterocycles. The Hall–Kier alpha value is -1.91. The number of nitrogens with one attached hydrogen (secondary N) is 1. The second-order valence-electron chi connectivity index (χ2n) is 4.06. The molecule has 1 atom stereocenters. The lowest BCUT2D eigenvalue weighted by Crippen LogP contribution is -2.58. The standard InChI is InChI=1S/C12H15N3O2/c1-3-10-12(17)14-7-11(16)15(10)9-5-4-8(2)13-6-9/h4-6,10H,3,7H2,1-2H3,(H,14,17). The number of pyridine rings is 1. The van der Waals surface area contributed by atoms with Crippen molar-refractivity contribution in [1.82, 2.24) is 10.3 Å². The number of aryl methyl sites for hydroxylation is 1. The van der Waals surface area contributed by atoms with Crippen molar-refractivity contribution in [3.05, 3.63) is 24.0 Å². The molecule has 1 fully saturated rings. The van der Waals surface area contributed by atoms with Crippen LogP contribution in [0.25, 0.3) is 0 Å². The van der Waals surface area contributed by atoms with Crippen LogP contribution in [0.15, 0.2) is 18.3 Å². The van der Waals surface area contributed by atoms with Crippen molar-refractivity contribution in [3.63, 3.8) is 0 Å². The lowest BCUT2D eigenvalue weighted by molar-refractivity contribution is -0.131. The number of amides is 2. The van der Waals surface area contributed by atoms with Gasteiger partial charge in [0.2, 0.25) is 11.8 Å². The van der Waals surface area contributed by atoms with Gasteiger partial charge in [-0.1, -0.05) is 6.92 Å². The normalized spacial score (nSPS) is 20.4. The predicted molar refractivity (Wildman–Crippen MR) is 63.5 cm³/mol. The topological polar surface area (TPSA) is 62.3 Å². The molecule has 5 nitrogen and oxygen atoms in total. The summed E-state index contributed by atoms with van der Waals surface area (Å²) >= 11 is 0. The average Bonchev–Trinajstić information content (AvgIpc) is 2.33. The van der Waals surface area contributed by atoms with Crippen LogP contribution in [0.1, 0.15) is 19.0 Å². The highest BCUT2D eigenvalue weighted by Crippen LogP contribution is 2.20. The van der Waals surface area contributed by atoms with Crippen LogP contribution >= 0.6 is 0 Å². The summed E-state index contributed by atoms with van der Waals surface area (Å²) in [5.41, 5.74) is 1.57. The van der Waals surface area contributed by atoms with Gasteiger partial charge in [0.05, 0.1) is 18.4 Å². The number of rotatable bonds is 2. The maximum absolute atomic E-state index is 11.9. The van der Waals surface area contributed by atoms with E-state index in [9.17, 15) is 9.59 Å². The minimum Gasteiger partial charge on any atom is -0.345 e. The summed E-state index contributed by atoms with van der Waals surface area (Å²) in [5.74, 6) is -0.199. The lowest BCUT2D eigenvalue weighted by Gasteiger charge is -2.34. The molecule has 5 heteroatoms. The molecule has 1 aliphatic rings. The molecule has 0 bridgehead atoms. The van der Waals surface area contributed by atoms with E-state index < -0.39 is 6.04 Å². The molecule has 2 rings (SSSR count). The highest BCUT2D eigenvalue weighted by molar-refractivity contribution is 6.06. The van der Waals surface area contributed by atoms with Crippen molar-refractivity contribution in [1.29, 1.82) is 0 Å². The van der Waals surface area contributed by atoms with Crippen molar-refractivity contribution >= 4 is 17.5 Å². The summed E-state index contributed by atoms with van der Waals surface area (Å²) in [6.07, 6.45) is 2.22. The maximum Gasteiger partial charge on any atom is 0.247 e. The first-order valence-electron chi connectivity index (χ1n) is 5.66. The number of carbonyl (C=O) groups is 2. The molecule has 0 saturated carbocycles. The third-order valence-electron chi connectivity index (χ3n) is 2.86. The second-order valence-corrected chi connectivity index (χ2v) is 4.06. The van der Waals surface area contributed by atoms with E-state index in [2.05, 4.69) is 10.3 Å². The molecule has 1 aliphatic heterocycles. The zero-order chi connectivity index (χ0) is 12.4. The van der Waals surface area contributed by atoms with Gasteiger partial charge in [0.1, 0.15) is 6.04 Å². The van der Waals surface area contributed by atoms with Crippen LogP contribution in [0.4, 0.5) is 5.69 Å². The predicted octanol–water partition coefficient (Wildman–Crippen LogP) is 0.631. The fraction of sp³-hybridized carbons (Fsp3) is 0.417. The summed E-state index contributed by atoms with van der Waals surface area (Å²) in [5, 5.41) is 2.59. The summed E-state index contributed by atoms with van der Waals surface area (Å²) in [6, 6.07) is 3.23. The van der Waals surface area contributed by atoms with Crippen LogP contribution in [-0.4, -0.2) is 29.4 Å². The molecular formula is C12H15N3O2. The third-order valence-corrected chi connectivity index (χ3v) is 2.86. The number of piperazine rings is 1. The van der Waals surface area contributed by atoms with Crippen LogP contribution < -0.4 is 10.2 Å². The minimum atomic E-state index is -0.430. The van der Waals surface area contributed by atoms with Gasteiger partial charge in [-0.25, -0.2) is 0 Å². The number of hydrogen-bond acceptors (Lipinski definition) is 3. The molecule has 1 aromatic heterocycles. The van der Waals surface area contributed by atoms with Gasteiger partial charge in [0, 0.05) is 5.69 Å². The zero-order valence-corrected chi connectivity index (χ0v) is 9.93. The number of carbonyl (C=O) groups excluding carboxylic acids is 2. The Morgan fingerprint density at radius 2 is 2.24 bits per heavy atom. The van der Waals surface area contributed by atoms with Gasteiger partial charge in [-0.3, -0.25) is 19.5 Å². The van der Waals surface area contributed by atoms with Crippen LogP contribution in [0.3, 0.4) is 0 Å². The molecule has 1 unspecified atom stereocenters. The quantitative estimate of drug-likeness (QED) is 0.815. The summed E-state index contributed by atoms with van der Waals surface area (Å²) in [6.45, 7) is 3.83. The van der Waals surface area contributed by atoms with E-state index in [1.165, 1.54) is 4.90 Å². The Balaban J connectivity index is 2.35. The van der Waals surface area contributed by atoms with Gasteiger partial charge in [0.15, 0.2) is 0 Å². The largest absolute Gasteiger partial charge is 0.345 e. The highest BCUT2D eigenvalue weighted by atomic mass is 16.2. The van der Waals surface area contributed by atoms with E-state index in [1.807, 2.05) is 26.0 Å². The molecule has 0 aromatic carbocycles. The van der Waals surface area contributed by atoms with Gasteiger partial charge >= 0.3 is 0 Å². The number of aromatic nitrogens is 1. The maximum atomic E-state index is 11.9. The van der Waals surface area contributed by atoms with Gasteiger partial charge in [-0.2, -0.15) is 0 Å². The van der Waals surface area contributed by atoms with E-state index in [1.54, 1.807) is 6.20 Å². The van der Waals surface area contributed by atoms with Crippen molar-refractivity contribution in [2.75, 3.05) is 11.4 Å². The second kappa shape index (κ2) is 4.53. The van der Waals surface area contributed by atoms with E-state index in [0.29, 0.717) is 12.1 Å². The van der Waals surface area contributed by atoms with E-state index in [-0.39, 0.29) is 18.4 Å². The Kier molecular flexibility index (Phi) is 3.08. The Labute approximate surface area is 99.8 Å². The van der Waals surface area contributed by atoms with Gasteiger partial charge in [0.25, 0.3) is 0 Å². The van der Waals surface area contributed by atoms with Gasteiger partial charge in [-0.15, -0.1) is 0 Å². The smallest absolute Gasteiger partial charge is 0.247 e. The molecule has 0 spiro atoms. The summed E-state index contributed by atoms with van der Waals surface area (Å²) < 4.78 is 0. The van der Waals surface area contributed by atoms with Crippen LogP contribution in [-0.2, 0) is 9.59 Å². The number of nitrogens with zero attached hydrogens (tertiary/aromatic N) is 2. The molecule has 1 aromatic rings. The first-order chi connectivity index (χ1) is 8.13. The summed E-state index contributed by atoms with van der Waals surface area (Å²) in [4.78, 5) is 29.3. The Bertz CT molecular complexity index is 442. The van der Waals surface area contributed by atoms with E-state index >= 15 is 0 Å². The molecule has 1 N–H and O–H groups in total. The van der Waals surface area contributed by atoms with Gasteiger partial charge in [-0.05, 0) is 25.5 Å². The van der Waals surface area contributed by atoms with E-state index in [4.69, 9.17) is 0 Å². The van der Waals surface area contributed by atoms with Gasteiger partial charge < -0.3 is 5.32 Å². The molecule has 0 radical (unpaired) electrons. The van der Waals surface area contributed by atoms with Crippen LogP contribution in [0.5, 0.6) is 0 Å². The first kappa shape index (κ1) is 11.6. The Morgan fingerprint density at radius 3 is 2.82 bits per heavy atom. The Morgan fingerprint density at radius 1 is 1.47 bits per heavy atom. The number of hydrogen-bond donors (Lipinski definition) is 1. The highest BCUT2D eigenvalue weighted by Gasteiger charge is 2.34. The summed E-state index contributed by atoms with van der Waals surface area (Å²) in [7, 11) is 0. The fourth-order valence-electron chi connectivity index (χ4n) is 1.95.